The van der Waals surface area contributed by atoms with Gasteiger partial charge in [-0.05, 0) is 142 Å². The Balaban J connectivity index is 0.000000181. The quantitative estimate of drug-likeness (QED) is 0.141. The third kappa shape index (κ3) is 10.5. The van der Waals surface area contributed by atoms with Crippen LogP contribution in [-0.2, 0) is 12.8 Å². The highest BCUT2D eigenvalue weighted by molar-refractivity contribution is 6.31. The maximum Gasteiger partial charge on any atom is 0.255 e. The molecule has 240 valence electrons. The molecular formula is C38H42ClFN4O2. The molecule has 0 radical (unpaired) electrons. The SMILES string of the molecule is O=C(Nc1ccc(CCC2CCCN2)cc1)c1ccc(F)cc1.O=C(Nc1ccc(CCC2CCCN2)cc1)c1cccc(Cl)c1. The molecule has 0 spiro atoms. The zero-order valence-corrected chi connectivity index (χ0v) is 26.8. The van der Waals surface area contributed by atoms with E-state index >= 15 is 0 Å². The van der Waals surface area contributed by atoms with E-state index in [1.165, 1.54) is 67.5 Å². The molecule has 4 aromatic rings. The fourth-order valence-electron chi connectivity index (χ4n) is 5.84. The molecule has 2 atom stereocenters. The van der Waals surface area contributed by atoms with Crippen molar-refractivity contribution in [2.24, 2.45) is 0 Å². The van der Waals surface area contributed by atoms with Crippen molar-refractivity contribution in [1.82, 2.24) is 10.6 Å². The first kappa shape index (κ1) is 33.3. The predicted octanol–water partition coefficient (Wildman–Crippen LogP) is 8.04. The molecule has 4 N–H and O–H groups in total. The van der Waals surface area contributed by atoms with Crippen LogP contribution in [0.3, 0.4) is 0 Å². The second kappa shape index (κ2) is 17.0. The Hall–Kier alpha value is -4.04. The molecule has 46 heavy (non-hydrogen) atoms. The van der Waals surface area contributed by atoms with E-state index in [1.54, 1.807) is 24.3 Å². The fraction of sp³-hybridized carbons (Fsp3) is 0.316. The maximum absolute atomic E-state index is 12.9. The molecule has 6 nitrogen and oxygen atoms in total. The molecule has 2 unspecified atom stereocenters. The number of hydrogen-bond acceptors (Lipinski definition) is 4. The highest BCUT2D eigenvalue weighted by Gasteiger charge is 2.15. The minimum absolute atomic E-state index is 0.143. The number of anilines is 2. The monoisotopic (exact) mass is 640 g/mol. The van der Waals surface area contributed by atoms with Gasteiger partial charge in [-0.3, -0.25) is 9.59 Å². The van der Waals surface area contributed by atoms with Crippen LogP contribution in [0.2, 0.25) is 5.02 Å². The van der Waals surface area contributed by atoms with Crippen molar-refractivity contribution >= 4 is 34.8 Å². The molecule has 2 aliphatic heterocycles. The van der Waals surface area contributed by atoms with Crippen LogP contribution in [0.4, 0.5) is 15.8 Å². The van der Waals surface area contributed by atoms with Gasteiger partial charge in [0.15, 0.2) is 0 Å². The summed E-state index contributed by atoms with van der Waals surface area (Å²) in [6.07, 6.45) is 9.57. The van der Waals surface area contributed by atoms with Gasteiger partial charge in [-0.25, -0.2) is 4.39 Å². The van der Waals surface area contributed by atoms with Crippen LogP contribution in [-0.4, -0.2) is 37.0 Å². The summed E-state index contributed by atoms with van der Waals surface area (Å²) in [6.45, 7) is 2.29. The first-order valence-corrected chi connectivity index (χ1v) is 16.6. The van der Waals surface area contributed by atoms with Crippen LogP contribution < -0.4 is 21.3 Å². The molecule has 0 aromatic heterocycles. The number of rotatable bonds is 10. The van der Waals surface area contributed by atoms with Crippen molar-refractivity contribution in [3.8, 4) is 0 Å². The predicted molar refractivity (Wildman–Crippen MR) is 185 cm³/mol. The van der Waals surface area contributed by atoms with Crippen molar-refractivity contribution in [3.05, 3.63) is 130 Å². The zero-order chi connectivity index (χ0) is 32.1. The number of amides is 2. The van der Waals surface area contributed by atoms with E-state index in [0.717, 1.165) is 43.7 Å². The summed E-state index contributed by atoms with van der Waals surface area (Å²) in [5.41, 5.74) is 5.15. The van der Waals surface area contributed by atoms with Gasteiger partial charge in [0, 0.05) is 39.6 Å². The van der Waals surface area contributed by atoms with Crippen LogP contribution in [0.25, 0.3) is 0 Å². The van der Waals surface area contributed by atoms with Gasteiger partial charge in [0.05, 0.1) is 0 Å². The van der Waals surface area contributed by atoms with E-state index < -0.39 is 0 Å². The van der Waals surface area contributed by atoms with Gasteiger partial charge in [-0.15, -0.1) is 0 Å². The van der Waals surface area contributed by atoms with Crippen LogP contribution in [0.1, 0.15) is 70.4 Å². The summed E-state index contributed by atoms with van der Waals surface area (Å²) in [6, 6.07) is 29.8. The number of hydrogen-bond donors (Lipinski definition) is 4. The lowest BCUT2D eigenvalue weighted by molar-refractivity contribution is 0.101. The van der Waals surface area contributed by atoms with Gasteiger partial charge in [0.1, 0.15) is 5.82 Å². The van der Waals surface area contributed by atoms with Gasteiger partial charge in [0.25, 0.3) is 11.8 Å². The Bertz CT molecular complexity index is 1550. The first-order chi connectivity index (χ1) is 22.4. The summed E-state index contributed by atoms with van der Waals surface area (Å²) in [5.74, 6) is -0.717. The van der Waals surface area contributed by atoms with Gasteiger partial charge in [-0.2, -0.15) is 0 Å². The number of halogens is 2. The largest absolute Gasteiger partial charge is 0.322 e. The highest BCUT2D eigenvalue weighted by Crippen LogP contribution is 2.18. The minimum Gasteiger partial charge on any atom is -0.322 e. The van der Waals surface area contributed by atoms with E-state index in [4.69, 9.17) is 11.6 Å². The Labute approximate surface area is 276 Å². The standard InChI is InChI=1S/C19H21ClN2O.C19H21FN2O/c20-16-4-1-3-15(13-16)19(23)22-18-10-7-14(8-11-18)6-9-17-5-2-12-21-17;20-16-8-6-15(7-9-16)19(23)22-18-11-4-14(5-12-18)3-10-17-2-1-13-21-17/h1,3-4,7-8,10-11,13,17,21H,2,5-6,9,12H2,(H,22,23);4-9,11-12,17,21H,1-3,10,13H2,(H,22,23). The summed E-state index contributed by atoms with van der Waals surface area (Å²) in [7, 11) is 0. The minimum atomic E-state index is -0.345. The van der Waals surface area contributed by atoms with Crippen molar-refractivity contribution < 1.29 is 14.0 Å². The van der Waals surface area contributed by atoms with Crippen molar-refractivity contribution in [3.63, 3.8) is 0 Å². The van der Waals surface area contributed by atoms with Crippen molar-refractivity contribution in [2.45, 2.75) is 63.5 Å². The topological polar surface area (TPSA) is 82.3 Å². The summed E-state index contributed by atoms with van der Waals surface area (Å²) < 4.78 is 12.9. The van der Waals surface area contributed by atoms with Crippen LogP contribution in [0, 0.1) is 5.82 Å². The number of nitrogens with one attached hydrogen (secondary N) is 4. The molecular weight excluding hydrogens is 599 g/mol. The van der Waals surface area contributed by atoms with Crippen LogP contribution in [0.5, 0.6) is 0 Å². The molecule has 6 rings (SSSR count). The molecule has 2 amide bonds. The van der Waals surface area contributed by atoms with Crippen molar-refractivity contribution in [2.75, 3.05) is 23.7 Å². The summed E-state index contributed by atoms with van der Waals surface area (Å²) >= 11 is 5.92. The van der Waals surface area contributed by atoms with Gasteiger partial charge in [-0.1, -0.05) is 41.9 Å². The molecule has 8 heteroatoms. The zero-order valence-electron chi connectivity index (χ0n) is 26.0. The average molecular weight is 641 g/mol. The fourth-order valence-corrected chi connectivity index (χ4v) is 6.03. The molecule has 2 fully saturated rings. The first-order valence-electron chi connectivity index (χ1n) is 16.2. The number of carbonyl (C=O) groups excluding carboxylic acids is 2. The van der Waals surface area contributed by atoms with Crippen LogP contribution >= 0.6 is 11.6 Å². The molecule has 2 heterocycles. The van der Waals surface area contributed by atoms with Crippen molar-refractivity contribution in [1.29, 1.82) is 0 Å². The van der Waals surface area contributed by atoms with Gasteiger partial charge < -0.3 is 21.3 Å². The molecule has 0 saturated carbocycles. The lowest BCUT2D eigenvalue weighted by atomic mass is 10.0. The Morgan fingerprint density at radius 3 is 1.63 bits per heavy atom. The average Bonchev–Trinajstić information content (AvgIpc) is 3.80. The second-order valence-electron chi connectivity index (χ2n) is 12.0. The molecule has 0 aliphatic carbocycles. The maximum atomic E-state index is 12.9. The Morgan fingerprint density at radius 1 is 0.674 bits per heavy atom. The van der Waals surface area contributed by atoms with Crippen LogP contribution in [0.15, 0.2) is 97.1 Å². The van der Waals surface area contributed by atoms with Gasteiger partial charge >= 0.3 is 0 Å². The summed E-state index contributed by atoms with van der Waals surface area (Å²) in [5, 5.41) is 13.3. The molecule has 4 aromatic carbocycles. The third-order valence-electron chi connectivity index (χ3n) is 8.50. The lowest BCUT2D eigenvalue weighted by Gasteiger charge is -2.10. The number of aryl methyl sites for hydroxylation is 2. The van der Waals surface area contributed by atoms with E-state index in [-0.39, 0.29) is 17.6 Å². The third-order valence-corrected chi connectivity index (χ3v) is 8.74. The van der Waals surface area contributed by atoms with E-state index in [2.05, 4.69) is 45.5 Å². The van der Waals surface area contributed by atoms with Gasteiger partial charge in [0.2, 0.25) is 0 Å². The highest BCUT2D eigenvalue weighted by atomic mass is 35.5. The normalized spacial score (nSPS) is 17.2. The lowest BCUT2D eigenvalue weighted by Crippen LogP contribution is -2.21. The summed E-state index contributed by atoms with van der Waals surface area (Å²) in [4.78, 5) is 24.2. The van der Waals surface area contributed by atoms with E-state index in [0.29, 0.717) is 28.2 Å². The number of carbonyl (C=O) groups is 2. The number of benzene rings is 4. The molecule has 2 saturated heterocycles. The molecule has 2 aliphatic rings. The second-order valence-corrected chi connectivity index (χ2v) is 12.4. The van der Waals surface area contributed by atoms with E-state index in [1.807, 2.05) is 24.3 Å². The molecule has 0 bridgehead atoms. The van der Waals surface area contributed by atoms with E-state index in [9.17, 15) is 14.0 Å². The smallest absolute Gasteiger partial charge is 0.255 e. The Morgan fingerprint density at radius 2 is 1.17 bits per heavy atom. The Kier molecular flexibility index (Phi) is 12.3.